The van der Waals surface area contributed by atoms with Gasteiger partial charge in [0.25, 0.3) is 0 Å². The van der Waals surface area contributed by atoms with E-state index in [0.29, 0.717) is 28.7 Å². The zero-order chi connectivity index (χ0) is 23.7. The minimum absolute atomic E-state index is 0.216. The van der Waals surface area contributed by atoms with Gasteiger partial charge in [-0.25, -0.2) is 9.78 Å². The number of nitrogens with one attached hydrogen (secondary N) is 1. The summed E-state index contributed by atoms with van der Waals surface area (Å²) in [5.74, 6) is -0.359. The number of pyridine rings is 1. The standard InChI is InChI=1S/C27H17ClN4O2/c28-19-7-10-22-23-12-25(32-20-8-5-16(6-9-20)27(33)34)30-14-18(23)15-31-26(24(22)11-19)21-4-2-1-3-17(21)13-29/h1-12,14H,15H2,(H,30,32)(H,33,34). The van der Waals surface area contributed by atoms with Gasteiger partial charge in [-0.3, -0.25) is 4.99 Å². The molecule has 3 aromatic carbocycles. The maximum atomic E-state index is 11.1. The third-order valence-electron chi connectivity index (χ3n) is 5.63. The number of nitriles is 1. The molecule has 1 aromatic heterocycles. The lowest BCUT2D eigenvalue weighted by Crippen LogP contribution is -2.07. The summed E-state index contributed by atoms with van der Waals surface area (Å²) in [5, 5.41) is 22.6. The SMILES string of the molecule is N#Cc1ccccc1C1=NCc2cnc(Nc3ccc(C(=O)O)cc3)cc2-c2ccc(Cl)cc21. The first-order valence-electron chi connectivity index (χ1n) is 10.5. The van der Waals surface area contributed by atoms with Crippen LogP contribution in [0.2, 0.25) is 5.02 Å². The highest BCUT2D eigenvalue weighted by molar-refractivity contribution is 6.31. The number of aliphatic imine (C=N–C) groups is 1. The molecule has 164 valence electrons. The fourth-order valence-corrected chi connectivity index (χ4v) is 4.16. The van der Waals surface area contributed by atoms with Crippen molar-refractivity contribution in [3.05, 3.63) is 112 Å². The highest BCUT2D eigenvalue weighted by Crippen LogP contribution is 2.36. The first kappa shape index (κ1) is 21.4. The minimum Gasteiger partial charge on any atom is -0.478 e. The van der Waals surface area contributed by atoms with Crippen LogP contribution in [0.4, 0.5) is 11.5 Å². The van der Waals surface area contributed by atoms with Crippen molar-refractivity contribution in [3.8, 4) is 17.2 Å². The molecule has 0 saturated heterocycles. The molecule has 4 aromatic rings. The first-order chi connectivity index (χ1) is 16.5. The molecule has 2 heterocycles. The number of fused-ring (bicyclic) bond motifs is 3. The fourth-order valence-electron chi connectivity index (χ4n) is 3.99. The Hall–Kier alpha value is -4.47. The molecule has 0 amide bonds. The average Bonchev–Trinajstić information content (AvgIpc) is 3.00. The minimum atomic E-state index is -0.973. The average molecular weight is 465 g/mol. The molecule has 1 aliphatic heterocycles. The molecule has 0 aliphatic carbocycles. The lowest BCUT2D eigenvalue weighted by molar-refractivity contribution is 0.0697. The van der Waals surface area contributed by atoms with Crippen molar-refractivity contribution < 1.29 is 9.90 Å². The molecule has 6 nitrogen and oxygen atoms in total. The van der Waals surface area contributed by atoms with Crippen molar-refractivity contribution in [1.29, 1.82) is 5.26 Å². The monoisotopic (exact) mass is 464 g/mol. The van der Waals surface area contributed by atoms with Gasteiger partial charge in [0.2, 0.25) is 0 Å². The molecule has 0 radical (unpaired) electrons. The number of aromatic nitrogens is 1. The van der Waals surface area contributed by atoms with Crippen molar-refractivity contribution >= 4 is 34.8 Å². The molecule has 2 N–H and O–H groups in total. The van der Waals surface area contributed by atoms with Crippen molar-refractivity contribution in [1.82, 2.24) is 4.98 Å². The number of benzene rings is 3. The number of anilines is 2. The number of rotatable bonds is 4. The molecule has 1 aliphatic rings. The van der Waals surface area contributed by atoms with Crippen LogP contribution in [0.5, 0.6) is 0 Å². The zero-order valence-electron chi connectivity index (χ0n) is 17.8. The van der Waals surface area contributed by atoms with Crippen LogP contribution < -0.4 is 5.32 Å². The molecule has 5 rings (SSSR count). The fraction of sp³-hybridized carbons (Fsp3) is 0.0370. The van der Waals surface area contributed by atoms with Crippen molar-refractivity contribution in [3.63, 3.8) is 0 Å². The Kier molecular flexibility index (Phi) is 5.54. The summed E-state index contributed by atoms with van der Waals surface area (Å²) in [6.45, 7) is 0.400. The number of carboxylic acids is 1. The summed E-state index contributed by atoms with van der Waals surface area (Å²) in [4.78, 5) is 20.5. The number of hydrogen-bond acceptors (Lipinski definition) is 5. The van der Waals surface area contributed by atoms with Crippen LogP contribution in [-0.4, -0.2) is 21.8 Å². The Labute approximate surface area is 200 Å². The molecule has 0 saturated carbocycles. The highest BCUT2D eigenvalue weighted by Gasteiger charge is 2.22. The van der Waals surface area contributed by atoms with E-state index in [-0.39, 0.29) is 5.56 Å². The predicted molar refractivity (Wildman–Crippen MR) is 132 cm³/mol. The molecule has 34 heavy (non-hydrogen) atoms. The van der Waals surface area contributed by atoms with Crippen LogP contribution in [0.3, 0.4) is 0 Å². The maximum Gasteiger partial charge on any atom is 0.335 e. The maximum absolute atomic E-state index is 11.1. The largest absolute Gasteiger partial charge is 0.478 e. The third kappa shape index (κ3) is 4.01. The molecule has 0 bridgehead atoms. The van der Waals surface area contributed by atoms with E-state index in [2.05, 4.69) is 16.4 Å². The number of hydrogen-bond donors (Lipinski definition) is 2. The molecular weight excluding hydrogens is 448 g/mol. The molecule has 0 atom stereocenters. The lowest BCUT2D eigenvalue weighted by atomic mass is 9.91. The van der Waals surface area contributed by atoms with E-state index < -0.39 is 5.97 Å². The number of nitrogens with zero attached hydrogens (tertiary/aromatic N) is 3. The molecular formula is C27H17ClN4O2. The normalized spacial score (nSPS) is 11.9. The van der Waals surface area contributed by atoms with Crippen LogP contribution in [0.1, 0.15) is 32.6 Å². The Balaban J connectivity index is 1.59. The smallest absolute Gasteiger partial charge is 0.335 e. The van der Waals surface area contributed by atoms with Gasteiger partial charge in [-0.05, 0) is 65.2 Å². The number of carboxylic acid groups (broad SMARTS) is 1. The van der Waals surface area contributed by atoms with Gasteiger partial charge >= 0.3 is 5.97 Å². The Morgan fingerprint density at radius 1 is 0.971 bits per heavy atom. The van der Waals surface area contributed by atoms with Crippen LogP contribution in [0.15, 0.2) is 84.0 Å². The van der Waals surface area contributed by atoms with Gasteiger partial charge in [-0.2, -0.15) is 5.26 Å². The topological polar surface area (TPSA) is 98.4 Å². The molecule has 0 fully saturated rings. The van der Waals surface area contributed by atoms with Crippen LogP contribution in [-0.2, 0) is 6.54 Å². The van der Waals surface area contributed by atoms with Crippen molar-refractivity contribution in [2.45, 2.75) is 6.54 Å². The summed E-state index contributed by atoms with van der Waals surface area (Å²) in [5.41, 5.74) is 6.64. The highest BCUT2D eigenvalue weighted by atomic mass is 35.5. The van der Waals surface area contributed by atoms with E-state index in [9.17, 15) is 10.1 Å². The Bertz CT molecular complexity index is 1500. The molecule has 0 spiro atoms. The summed E-state index contributed by atoms with van der Waals surface area (Å²) in [7, 11) is 0. The Morgan fingerprint density at radius 2 is 1.76 bits per heavy atom. The van der Waals surface area contributed by atoms with E-state index >= 15 is 0 Å². The quantitative estimate of drug-likeness (QED) is 0.382. The van der Waals surface area contributed by atoms with Gasteiger partial charge < -0.3 is 10.4 Å². The van der Waals surface area contributed by atoms with E-state index in [1.54, 1.807) is 24.4 Å². The predicted octanol–water partition coefficient (Wildman–Crippen LogP) is 6.07. The molecule has 7 heteroatoms. The second-order valence-corrected chi connectivity index (χ2v) is 8.18. The van der Waals surface area contributed by atoms with Crippen LogP contribution >= 0.6 is 11.6 Å². The van der Waals surface area contributed by atoms with Gasteiger partial charge in [0.15, 0.2) is 0 Å². The van der Waals surface area contributed by atoms with E-state index in [1.165, 1.54) is 12.1 Å². The second-order valence-electron chi connectivity index (χ2n) is 7.75. The third-order valence-corrected chi connectivity index (χ3v) is 5.86. The second kappa shape index (κ2) is 8.81. The van der Waals surface area contributed by atoms with Crippen molar-refractivity contribution in [2.75, 3.05) is 5.32 Å². The van der Waals surface area contributed by atoms with E-state index in [4.69, 9.17) is 21.7 Å². The van der Waals surface area contributed by atoms with Gasteiger partial charge in [0.1, 0.15) is 5.82 Å². The summed E-state index contributed by atoms with van der Waals surface area (Å²) >= 11 is 6.37. The van der Waals surface area contributed by atoms with Crippen molar-refractivity contribution in [2.24, 2.45) is 4.99 Å². The van der Waals surface area contributed by atoms with Gasteiger partial charge in [-0.1, -0.05) is 35.9 Å². The number of carbonyl (C=O) groups is 1. The molecule has 0 unspecified atom stereocenters. The number of aromatic carboxylic acids is 1. The van der Waals surface area contributed by atoms with Crippen LogP contribution in [0.25, 0.3) is 11.1 Å². The van der Waals surface area contributed by atoms with E-state index in [1.807, 2.05) is 42.5 Å². The van der Waals surface area contributed by atoms with Gasteiger partial charge in [-0.15, -0.1) is 0 Å². The summed E-state index contributed by atoms with van der Waals surface area (Å²) in [6, 6.07) is 23.7. The summed E-state index contributed by atoms with van der Waals surface area (Å²) in [6.07, 6.45) is 1.78. The van der Waals surface area contributed by atoms with Gasteiger partial charge in [0, 0.05) is 28.0 Å². The summed E-state index contributed by atoms with van der Waals surface area (Å²) < 4.78 is 0. The lowest BCUT2D eigenvalue weighted by Gasteiger charge is -2.14. The Morgan fingerprint density at radius 3 is 2.53 bits per heavy atom. The van der Waals surface area contributed by atoms with E-state index in [0.717, 1.165) is 33.5 Å². The number of halogens is 1. The van der Waals surface area contributed by atoms with Crippen LogP contribution in [0, 0.1) is 11.3 Å². The van der Waals surface area contributed by atoms with Gasteiger partial charge in [0.05, 0.1) is 29.5 Å². The zero-order valence-corrected chi connectivity index (χ0v) is 18.5. The first-order valence-corrected chi connectivity index (χ1v) is 10.8.